The van der Waals surface area contributed by atoms with Gasteiger partial charge in [-0.15, -0.1) is 0 Å². The minimum absolute atomic E-state index is 0.0832. The molecule has 2 aliphatic rings. The Labute approximate surface area is 147 Å². The SMILES string of the molecule is Cn1cc(C(=O)N2CCC3(CC2)CO[C@@H](Cc2cncnc2)C3)cn1. The summed E-state index contributed by atoms with van der Waals surface area (Å²) in [4.78, 5) is 22.6. The second kappa shape index (κ2) is 6.55. The van der Waals surface area contributed by atoms with Gasteiger partial charge in [0.2, 0.25) is 0 Å². The summed E-state index contributed by atoms with van der Waals surface area (Å²) in [5.41, 5.74) is 2.00. The highest BCUT2D eigenvalue weighted by molar-refractivity contribution is 5.93. The number of hydrogen-bond donors (Lipinski definition) is 0. The van der Waals surface area contributed by atoms with Gasteiger partial charge in [-0.3, -0.25) is 9.48 Å². The Balaban J connectivity index is 1.33. The molecule has 0 aromatic carbocycles. The monoisotopic (exact) mass is 341 g/mol. The van der Waals surface area contributed by atoms with E-state index in [1.807, 2.05) is 24.3 Å². The fourth-order valence-corrected chi connectivity index (χ4v) is 3.97. The van der Waals surface area contributed by atoms with Gasteiger partial charge < -0.3 is 9.64 Å². The van der Waals surface area contributed by atoms with Gasteiger partial charge in [-0.2, -0.15) is 5.10 Å². The molecule has 4 rings (SSSR count). The zero-order valence-electron chi connectivity index (χ0n) is 14.5. The third-order valence-electron chi connectivity index (χ3n) is 5.43. The molecule has 0 bridgehead atoms. The molecule has 0 saturated carbocycles. The number of piperidine rings is 1. The standard InChI is InChI=1S/C18H23N5O2/c1-22-11-15(10-21-22)17(24)23-4-2-18(3-5-23)7-16(25-12-18)6-14-8-19-13-20-9-14/h8-11,13,16H,2-7,12H2,1H3/t16-/m0/s1. The van der Waals surface area contributed by atoms with Crippen molar-refractivity contribution in [2.24, 2.45) is 12.5 Å². The number of nitrogens with zero attached hydrogens (tertiary/aromatic N) is 5. The number of aryl methyl sites for hydroxylation is 1. The summed E-state index contributed by atoms with van der Waals surface area (Å²) >= 11 is 0. The van der Waals surface area contributed by atoms with Crippen LogP contribution in [0, 0.1) is 5.41 Å². The first-order valence-electron chi connectivity index (χ1n) is 8.77. The van der Waals surface area contributed by atoms with E-state index in [9.17, 15) is 4.79 Å². The van der Waals surface area contributed by atoms with Gasteiger partial charge in [0.25, 0.3) is 5.91 Å². The Morgan fingerprint density at radius 1 is 1.28 bits per heavy atom. The molecule has 1 spiro atoms. The van der Waals surface area contributed by atoms with Crippen molar-refractivity contribution in [2.45, 2.75) is 31.8 Å². The van der Waals surface area contributed by atoms with Gasteiger partial charge in [-0.25, -0.2) is 9.97 Å². The minimum Gasteiger partial charge on any atom is -0.377 e. The van der Waals surface area contributed by atoms with Crippen LogP contribution < -0.4 is 0 Å². The van der Waals surface area contributed by atoms with Crippen LogP contribution in [0.15, 0.2) is 31.1 Å². The maximum absolute atomic E-state index is 12.5. The first-order chi connectivity index (χ1) is 12.1. The lowest BCUT2D eigenvalue weighted by atomic mass is 9.76. The van der Waals surface area contributed by atoms with Crippen molar-refractivity contribution in [2.75, 3.05) is 19.7 Å². The van der Waals surface area contributed by atoms with Crippen molar-refractivity contribution in [3.05, 3.63) is 42.2 Å². The molecule has 2 aromatic rings. The molecular weight excluding hydrogens is 318 g/mol. The summed E-state index contributed by atoms with van der Waals surface area (Å²) in [7, 11) is 1.83. The number of likely N-dealkylation sites (tertiary alicyclic amines) is 1. The quantitative estimate of drug-likeness (QED) is 0.845. The molecule has 2 aromatic heterocycles. The van der Waals surface area contributed by atoms with Crippen LogP contribution in [0.1, 0.15) is 35.2 Å². The van der Waals surface area contributed by atoms with E-state index in [1.54, 1.807) is 23.4 Å². The van der Waals surface area contributed by atoms with Crippen LogP contribution in [0.5, 0.6) is 0 Å². The maximum atomic E-state index is 12.5. The molecule has 2 saturated heterocycles. The molecular formula is C18H23N5O2. The first-order valence-corrected chi connectivity index (χ1v) is 8.77. The van der Waals surface area contributed by atoms with E-state index in [4.69, 9.17) is 4.74 Å². The smallest absolute Gasteiger partial charge is 0.257 e. The van der Waals surface area contributed by atoms with Crippen LogP contribution in [0.25, 0.3) is 0 Å². The van der Waals surface area contributed by atoms with Crippen LogP contribution in [0.4, 0.5) is 0 Å². The number of carbonyl (C=O) groups excluding carboxylic acids is 1. The van der Waals surface area contributed by atoms with Crippen LogP contribution in [-0.2, 0) is 18.2 Å². The van der Waals surface area contributed by atoms with Gasteiger partial charge >= 0.3 is 0 Å². The molecule has 7 heteroatoms. The summed E-state index contributed by atoms with van der Waals surface area (Å²) in [5, 5.41) is 4.09. The number of hydrogen-bond acceptors (Lipinski definition) is 5. The molecule has 7 nitrogen and oxygen atoms in total. The third kappa shape index (κ3) is 3.42. The molecule has 0 unspecified atom stereocenters. The van der Waals surface area contributed by atoms with E-state index in [0.29, 0.717) is 5.56 Å². The van der Waals surface area contributed by atoms with Crippen LogP contribution >= 0.6 is 0 Å². The summed E-state index contributed by atoms with van der Waals surface area (Å²) in [6, 6.07) is 0. The van der Waals surface area contributed by atoms with E-state index in [2.05, 4.69) is 15.1 Å². The Morgan fingerprint density at radius 2 is 2.04 bits per heavy atom. The summed E-state index contributed by atoms with van der Waals surface area (Å²) in [6.45, 7) is 2.37. The highest BCUT2D eigenvalue weighted by Crippen LogP contribution is 2.42. The predicted octanol–water partition coefficient (Wildman–Crippen LogP) is 1.46. The lowest BCUT2D eigenvalue weighted by molar-refractivity contribution is 0.0496. The second-order valence-electron chi connectivity index (χ2n) is 7.28. The Hall–Kier alpha value is -2.28. The lowest BCUT2D eigenvalue weighted by Crippen LogP contribution is -2.43. The normalized spacial score (nSPS) is 22.4. The molecule has 25 heavy (non-hydrogen) atoms. The zero-order valence-corrected chi connectivity index (χ0v) is 14.5. The van der Waals surface area contributed by atoms with Crippen molar-refractivity contribution >= 4 is 5.91 Å². The highest BCUT2D eigenvalue weighted by atomic mass is 16.5. The van der Waals surface area contributed by atoms with Gasteiger partial charge in [0.1, 0.15) is 6.33 Å². The topological polar surface area (TPSA) is 73.1 Å². The summed E-state index contributed by atoms with van der Waals surface area (Å²) in [5.74, 6) is 0.0832. The van der Waals surface area contributed by atoms with Crippen molar-refractivity contribution in [1.82, 2.24) is 24.6 Å². The van der Waals surface area contributed by atoms with Crippen LogP contribution in [0.3, 0.4) is 0 Å². The molecule has 4 heterocycles. The largest absolute Gasteiger partial charge is 0.377 e. The molecule has 1 atom stereocenters. The molecule has 0 radical (unpaired) electrons. The average molecular weight is 341 g/mol. The van der Waals surface area contributed by atoms with Gasteiger partial charge in [0, 0.05) is 45.1 Å². The lowest BCUT2D eigenvalue weighted by Gasteiger charge is -2.38. The highest BCUT2D eigenvalue weighted by Gasteiger charge is 2.43. The fraction of sp³-hybridized carbons (Fsp3) is 0.556. The van der Waals surface area contributed by atoms with Crippen molar-refractivity contribution in [3.63, 3.8) is 0 Å². The molecule has 1 amide bonds. The van der Waals surface area contributed by atoms with Crippen LogP contribution in [-0.4, -0.2) is 56.4 Å². The van der Waals surface area contributed by atoms with Gasteiger partial charge in [0.15, 0.2) is 0 Å². The summed E-state index contributed by atoms with van der Waals surface area (Å²) in [6.07, 6.45) is 12.8. The number of ether oxygens (including phenoxy) is 1. The summed E-state index contributed by atoms with van der Waals surface area (Å²) < 4.78 is 7.73. The third-order valence-corrected chi connectivity index (χ3v) is 5.43. The van der Waals surface area contributed by atoms with E-state index in [1.165, 1.54) is 0 Å². The van der Waals surface area contributed by atoms with E-state index < -0.39 is 0 Å². The van der Waals surface area contributed by atoms with E-state index in [-0.39, 0.29) is 17.4 Å². The molecule has 0 aliphatic carbocycles. The van der Waals surface area contributed by atoms with Crippen molar-refractivity contribution in [1.29, 1.82) is 0 Å². The molecule has 0 N–H and O–H groups in total. The second-order valence-corrected chi connectivity index (χ2v) is 7.28. The molecule has 132 valence electrons. The Morgan fingerprint density at radius 3 is 2.72 bits per heavy atom. The minimum atomic E-state index is 0.0832. The van der Waals surface area contributed by atoms with Gasteiger partial charge in [0.05, 0.1) is 24.5 Å². The zero-order chi connectivity index (χ0) is 17.3. The molecule has 2 fully saturated rings. The average Bonchev–Trinajstić information content (AvgIpc) is 3.23. The Kier molecular flexibility index (Phi) is 4.25. The first kappa shape index (κ1) is 16.2. The van der Waals surface area contributed by atoms with Crippen LogP contribution in [0.2, 0.25) is 0 Å². The van der Waals surface area contributed by atoms with Gasteiger partial charge in [-0.1, -0.05) is 0 Å². The van der Waals surface area contributed by atoms with Crippen molar-refractivity contribution in [3.8, 4) is 0 Å². The van der Waals surface area contributed by atoms with Gasteiger partial charge in [-0.05, 0) is 30.2 Å². The van der Waals surface area contributed by atoms with Crippen molar-refractivity contribution < 1.29 is 9.53 Å². The molecule has 2 aliphatic heterocycles. The fourth-order valence-electron chi connectivity index (χ4n) is 3.97. The number of rotatable bonds is 3. The number of aromatic nitrogens is 4. The van der Waals surface area contributed by atoms with E-state index in [0.717, 1.165) is 50.9 Å². The maximum Gasteiger partial charge on any atom is 0.257 e. The number of carbonyl (C=O) groups is 1. The predicted molar refractivity (Wildman–Crippen MR) is 90.9 cm³/mol. The van der Waals surface area contributed by atoms with E-state index >= 15 is 0 Å². The Bertz CT molecular complexity index is 737. The number of amides is 1.